The van der Waals surface area contributed by atoms with Crippen molar-refractivity contribution < 1.29 is 9.59 Å². The summed E-state index contributed by atoms with van der Waals surface area (Å²) in [6.45, 7) is 3.02. The number of likely N-dealkylation sites (tertiary alicyclic amines) is 1. The maximum Gasteiger partial charge on any atom is 0.269 e. The fourth-order valence-corrected chi connectivity index (χ4v) is 3.30. The van der Waals surface area contributed by atoms with Crippen LogP contribution in [0.2, 0.25) is 0 Å². The van der Waals surface area contributed by atoms with Gasteiger partial charge in [0.2, 0.25) is 5.91 Å². The topological polar surface area (TPSA) is 43.9 Å². The van der Waals surface area contributed by atoms with Gasteiger partial charge in [0.25, 0.3) is 5.91 Å². The summed E-state index contributed by atoms with van der Waals surface area (Å²) in [5.74, 6) is 0.279. The van der Waals surface area contributed by atoms with Gasteiger partial charge in [-0.15, -0.1) is 0 Å². The first kappa shape index (κ1) is 19.6. The highest BCUT2D eigenvalue weighted by Gasteiger charge is 2.23. The van der Waals surface area contributed by atoms with Crippen LogP contribution in [-0.2, 0) is 9.59 Å². The van der Waals surface area contributed by atoms with Crippen LogP contribution < -0.4 is 0 Å². The van der Waals surface area contributed by atoms with Gasteiger partial charge in [0.15, 0.2) is 0 Å². The Labute approximate surface area is 155 Å². The Morgan fingerprint density at radius 1 is 1.00 bits per heavy atom. The molecule has 3 rings (SSSR count). The van der Waals surface area contributed by atoms with Crippen molar-refractivity contribution in [3.05, 3.63) is 35.2 Å². The number of rotatable bonds is 1. The first-order chi connectivity index (χ1) is 12.0. The van der Waals surface area contributed by atoms with Gasteiger partial charge in [-0.05, 0) is 38.2 Å². The van der Waals surface area contributed by atoms with Gasteiger partial charge < -0.3 is 14.7 Å². The predicted molar refractivity (Wildman–Crippen MR) is 101 cm³/mol. The van der Waals surface area contributed by atoms with Crippen molar-refractivity contribution in [3.8, 4) is 0 Å². The molecule has 0 aromatic carbocycles. The number of nitrogens with zero attached hydrogens (tertiary/aromatic N) is 3. The number of likely N-dealkylation sites (N-methyl/N-ethyl adjacent to an activating group) is 1. The summed E-state index contributed by atoms with van der Waals surface area (Å²) in [6.07, 6.45) is 13.6. The zero-order valence-corrected chi connectivity index (χ0v) is 16.0. The van der Waals surface area contributed by atoms with Crippen molar-refractivity contribution >= 4 is 23.4 Å². The number of halogens is 1. The normalized spacial score (nSPS) is 21.8. The minimum Gasteiger partial charge on any atom is -0.367 e. The molecule has 0 saturated carbocycles. The summed E-state index contributed by atoms with van der Waals surface area (Å²) >= 11 is 5.66. The molecule has 25 heavy (non-hydrogen) atoms. The number of allylic oxidation sites excluding steroid dienone is 3. The third kappa shape index (κ3) is 5.92. The maximum absolute atomic E-state index is 12.1. The number of hydrogen-bond acceptors (Lipinski definition) is 3. The summed E-state index contributed by atoms with van der Waals surface area (Å²) < 4.78 is 0. The van der Waals surface area contributed by atoms with E-state index in [-0.39, 0.29) is 11.8 Å². The lowest BCUT2D eigenvalue weighted by atomic mass is 10.1. The van der Waals surface area contributed by atoms with E-state index < -0.39 is 0 Å². The minimum atomic E-state index is 0.0619. The van der Waals surface area contributed by atoms with E-state index in [1.807, 2.05) is 11.9 Å². The molecule has 6 heteroatoms. The SMILES string of the molecule is CN1C=C(Cl)C=CCC1=O.CN1CCCC=C(N2CCCCC2)C1=O. The number of hydrogen-bond donors (Lipinski definition) is 0. The summed E-state index contributed by atoms with van der Waals surface area (Å²) in [7, 11) is 3.60. The molecular formula is C19H28ClN3O2. The number of carbonyl (C=O) groups is 2. The Balaban J connectivity index is 0.000000196. The molecule has 3 aliphatic rings. The monoisotopic (exact) mass is 365 g/mol. The molecule has 2 amide bonds. The molecule has 1 saturated heterocycles. The van der Waals surface area contributed by atoms with Crippen LogP contribution in [0.3, 0.4) is 0 Å². The molecule has 0 aliphatic carbocycles. The van der Waals surface area contributed by atoms with Gasteiger partial charge in [0, 0.05) is 46.4 Å². The molecule has 0 atom stereocenters. The van der Waals surface area contributed by atoms with Crippen LogP contribution in [0.5, 0.6) is 0 Å². The number of carbonyl (C=O) groups excluding carboxylic acids is 2. The lowest BCUT2D eigenvalue weighted by Gasteiger charge is -2.31. The Hall–Kier alpha value is -1.75. The predicted octanol–water partition coefficient (Wildman–Crippen LogP) is 3.09. The zero-order valence-electron chi connectivity index (χ0n) is 15.2. The largest absolute Gasteiger partial charge is 0.367 e. The fourth-order valence-electron chi connectivity index (χ4n) is 3.07. The van der Waals surface area contributed by atoms with Gasteiger partial charge in [0.1, 0.15) is 0 Å². The second kappa shape index (κ2) is 9.66. The number of amides is 2. The molecule has 1 fully saturated rings. The molecular weight excluding hydrogens is 338 g/mol. The maximum atomic E-state index is 12.1. The molecule has 138 valence electrons. The first-order valence-corrected chi connectivity index (χ1v) is 9.37. The van der Waals surface area contributed by atoms with Crippen molar-refractivity contribution in [2.24, 2.45) is 0 Å². The first-order valence-electron chi connectivity index (χ1n) is 8.99. The summed E-state index contributed by atoms with van der Waals surface area (Å²) in [5.41, 5.74) is 0.953. The average molecular weight is 366 g/mol. The van der Waals surface area contributed by atoms with Crippen molar-refractivity contribution in [1.82, 2.24) is 14.7 Å². The van der Waals surface area contributed by atoms with E-state index in [0.29, 0.717) is 11.5 Å². The van der Waals surface area contributed by atoms with Crippen LogP contribution in [0, 0.1) is 0 Å². The zero-order chi connectivity index (χ0) is 18.2. The average Bonchev–Trinajstić information content (AvgIpc) is 2.86. The van der Waals surface area contributed by atoms with E-state index in [0.717, 1.165) is 38.2 Å². The van der Waals surface area contributed by atoms with E-state index in [4.69, 9.17) is 11.6 Å². The molecule has 3 heterocycles. The van der Waals surface area contributed by atoms with Crippen LogP contribution in [0.1, 0.15) is 38.5 Å². The standard InChI is InChI=1S/C12H20N2O.C7H8ClNO/c1-13-8-6-3-7-11(12(13)15)14-9-4-2-5-10-14;1-9-5-6(8)3-2-4-7(9)10/h7H,2-6,8-10H2,1H3;2-3,5H,4H2,1H3. The molecule has 0 radical (unpaired) electrons. The molecule has 0 aromatic heterocycles. The second-order valence-electron chi connectivity index (χ2n) is 6.63. The lowest BCUT2D eigenvalue weighted by Crippen LogP contribution is -2.38. The summed E-state index contributed by atoms with van der Waals surface area (Å²) in [5, 5.41) is 0.591. The van der Waals surface area contributed by atoms with Gasteiger partial charge in [-0.2, -0.15) is 0 Å². The van der Waals surface area contributed by atoms with Crippen molar-refractivity contribution in [2.75, 3.05) is 33.7 Å². The van der Waals surface area contributed by atoms with Crippen LogP contribution in [0.4, 0.5) is 0 Å². The van der Waals surface area contributed by atoms with Crippen LogP contribution in [0.25, 0.3) is 0 Å². The molecule has 0 aromatic rings. The van der Waals surface area contributed by atoms with Crippen molar-refractivity contribution in [1.29, 1.82) is 0 Å². The van der Waals surface area contributed by atoms with E-state index in [1.165, 1.54) is 24.2 Å². The van der Waals surface area contributed by atoms with Gasteiger partial charge >= 0.3 is 0 Å². The Morgan fingerprint density at radius 3 is 2.44 bits per heavy atom. The van der Waals surface area contributed by atoms with Gasteiger partial charge in [-0.1, -0.05) is 23.8 Å². The highest BCUT2D eigenvalue weighted by molar-refractivity contribution is 6.31. The Morgan fingerprint density at radius 2 is 1.72 bits per heavy atom. The van der Waals surface area contributed by atoms with Crippen molar-refractivity contribution in [3.63, 3.8) is 0 Å². The Bertz CT molecular complexity index is 577. The smallest absolute Gasteiger partial charge is 0.269 e. The van der Waals surface area contributed by atoms with Crippen LogP contribution in [-0.4, -0.2) is 60.2 Å². The van der Waals surface area contributed by atoms with Crippen LogP contribution in [0.15, 0.2) is 35.2 Å². The molecule has 0 bridgehead atoms. The summed E-state index contributed by atoms with van der Waals surface area (Å²) in [4.78, 5) is 28.6. The molecule has 0 spiro atoms. The number of piperidine rings is 1. The highest BCUT2D eigenvalue weighted by atomic mass is 35.5. The molecule has 0 unspecified atom stereocenters. The lowest BCUT2D eigenvalue weighted by molar-refractivity contribution is -0.127. The van der Waals surface area contributed by atoms with E-state index in [2.05, 4.69) is 11.0 Å². The summed E-state index contributed by atoms with van der Waals surface area (Å²) in [6, 6.07) is 0. The van der Waals surface area contributed by atoms with E-state index in [9.17, 15) is 9.59 Å². The molecule has 3 aliphatic heterocycles. The van der Waals surface area contributed by atoms with E-state index in [1.54, 1.807) is 25.4 Å². The van der Waals surface area contributed by atoms with E-state index >= 15 is 0 Å². The highest BCUT2D eigenvalue weighted by Crippen LogP contribution is 2.19. The van der Waals surface area contributed by atoms with Gasteiger partial charge in [-0.3, -0.25) is 9.59 Å². The minimum absolute atomic E-state index is 0.0619. The van der Waals surface area contributed by atoms with Crippen molar-refractivity contribution in [2.45, 2.75) is 38.5 Å². The van der Waals surface area contributed by atoms with Gasteiger partial charge in [-0.25, -0.2) is 0 Å². The Kier molecular flexibility index (Phi) is 7.56. The molecule has 0 N–H and O–H groups in total. The quantitative estimate of drug-likeness (QED) is 0.717. The third-order valence-electron chi connectivity index (χ3n) is 4.58. The third-order valence-corrected chi connectivity index (χ3v) is 4.80. The molecule has 5 nitrogen and oxygen atoms in total. The second-order valence-corrected chi connectivity index (χ2v) is 7.07. The van der Waals surface area contributed by atoms with Gasteiger partial charge in [0.05, 0.1) is 10.7 Å². The fraction of sp³-hybridized carbons (Fsp3) is 0.579. The van der Waals surface area contributed by atoms with Crippen LogP contribution >= 0.6 is 11.6 Å².